The van der Waals surface area contributed by atoms with Gasteiger partial charge >= 0.3 is 0 Å². The van der Waals surface area contributed by atoms with E-state index in [1.807, 2.05) is 38.1 Å². The number of ether oxygens (including phenoxy) is 1. The molecule has 0 spiro atoms. The smallest absolute Gasteiger partial charge is 0.244 e. The SMILES string of the molecule is CCOc1ccc(/C(C)=N\NC(=O)[C@@H]2[C@@H]3CCCC[C@@]23C)cc1. The van der Waals surface area contributed by atoms with E-state index in [1.165, 1.54) is 25.7 Å². The van der Waals surface area contributed by atoms with Crippen molar-refractivity contribution < 1.29 is 9.53 Å². The van der Waals surface area contributed by atoms with Crippen molar-refractivity contribution in [2.75, 3.05) is 6.61 Å². The van der Waals surface area contributed by atoms with Crippen molar-refractivity contribution in [2.24, 2.45) is 22.4 Å². The lowest BCUT2D eigenvalue weighted by atomic mass is 9.90. The third-order valence-electron chi connectivity index (χ3n) is 5.53. The van der Waals surface area contributed by atoms with Crippen molar-refractivity contribution in [1.29, 1.82) is 0 Å². The number of benzene rings is 1. The number of nitrogens with zero attached hydrogens (tertiary/aromatic N) is 1. The van der Waals surface area contributed by atoms with Gasteiger partial charge in [0.05, 0.1) is 12.3 Å². The van der Waals surface area contributed by atoms with Crippen LogP contribution in [0.3, 0.4) is 0 Å². The quantitative estimate of drug-likeness (QED) is 0.664. The molecule has 0 bridgehead atoms. The molecular formula is C19H26N2O2. The largest absolute Gasteiger partial charge is 0.494 e. The second kappa shape index (κ2) is 6.34. The van der Waals surface area contributed by atoms with E-state index in [9.17, 15) is 4.79 Å². The third kappa shape index (κ3) is 3.12. The maximum atomic E-state index is 12.4. The number of carbonyl (C=O) groups excluding carboxylic acids is 1. The molecule has 2 aliphatic rings. The van der Waals surface area contributed by atoms with Crippen LogP contribution in [0.4, 0.5) is 0 Å². The summed E-state index contributed by atoms with van der Waals surface area (Å²) in [6.07, 6.45) is 4.89. The van der Waals surface area contributed by atoms with Gasteiger partial charge in [-0.15, -0.1) is 0 Å². The molecule has 2 saturated carbocycles. The van der Waals surface area contributed by atoms with Crippen LogP contribution < -0.4 is 10.2 Å². The van der Waals surface area contributed by atoms with Crippen LogP contribution in [0.25, 0.3) is 0 Å². The first-order valence-corrected chi connectivity index (χ1v) is 8.63. The molecule has 0 aliphatic heterocycles. The zero-order chi connectivity index (χ0) is 16.4. The zero-order valence-electron chi connectivity index (χ0n) is 14.3. The van der Waals surface area contributed by atoms with E-state index in [4.69, 9.17) is 4.74 Å². The first kappa shape index (κ1) is 16.0. The lowest BCUT2D eigenvalue weighted by Gasteiger charge is -2.15. The number of nitrogens with one attached hydrogen (secondary N) is 1. The van der Waals surface area contributed by atoms with Gasteiger partial charge in [0.2, 0.25) is 5.91 Å². The Balaban J connectivity index is 1.60. The highest BCUT2D eigenvalue weighted by molar-refractivity contribution is 5.99. The van der Waals surface area contributed by atoms with Crippen molar-refractivity contribution >= 4 is 11.6 Å². The number of rotatable bonds is 5. The summed E-state index contributed by atoms with van der Waals surface area (Å²) < 4.78 is 5.43. The van der Waals surface area contributed by atoms with Gasteiger partial charge in [0.1, 0.15) is 5.75 Å². The second-order valence-electron chi connectivity index (χ2n) is 6.97. The number of amides is 1. The number of hydrogen-bond acceptors (Lipinski definition) is 3. The van der Waals surface area contributed by atoms with Crippen LogP contribution in [-0.2, 0) is 4.79 Å². The second-order valence-corrected chi connectivity index (χ2v) is 6.97. The van der Waals surface area contributed by atoms with Gasteiger partial charge in [0.25, 0.3) is 0 Å². The minimum atomic E-state index is 0.0877. The predicted molar refractivity (Wildman–Crippen MR) is 91.5 cm³/mol. The molecule has 23 heavy (non-hydrogen) atoms. The first-order chi connectivity index (χ1) is 11.1. The van der Waals surface area contributed by atoms with Crippen molar-refractivity contribution in [3.8, 4) is 5.75 Å². The lowest BCUT2D eigenvalue weighted by molar-refractivity contribution is -0.123. The van der Waals surface area contributed by atoms with Gasteiger partial charge in [-0.2, -0.15) is 5.10 Å². The van der Waals surface area contributed by atoms with E-state index >= 15 is 0 Å². The molecule has 124 valence electrons. The standard InChI is InChI=1S/C19H26N2O2/c1-4-23-15-10-8-14(9-11-15)13(2)20-21-18(22)17-16-7-5-6-12-19(16,17)3/h8-11,16-17H,4-7,12H2,1-3H3,(H,21,22)/b20-13-/t16-,17-,19+/m0/s1. The van der Waals surface area contributed by atoms with Gasteiger partial charge in [-0.05, 0) is 67.9 Å². The Morgan fingerprint density at radius 2 is 2.09 bits per heavy atom. The predicted octanol–water partition coefficient (Wildman–Crippen LogP) is 3.75. The van der Waals surface area contributed by atoms with Crippen molar-refractivity contribution in [1.82, 2.24) is 5.43 Å². The summed E-state index contributed by atoms with van der Waals surface area (Å²) in [7, 11) is 0. The molecule has 2 fully saturated rings. The fraction of sp³-hybridized carbons (Fsp3) is 0.579. The topological polar surface area (TPSA) is 50.7 Å². The zero-order valence-corrected chi connectivity index (χ0v) is 14.3. The van der Waals surface area contributed by atoms with Crippen LogP contribution >= 0.6 is 0 Å². The molecule has 0 heterocycles. The van der Waals surface area contributed by atoms with Crippen molar-refractivity contribution in [3.05, 3.63) is 29.8 Å². The van der Waals surface area contributed by atoms with Crippen LogP contribution in [0.15, 0.2) is 29.4 Å². The van der Waals surface area contributed by atoms with E-state index in [-0.39, 0.29) is 17.2 Å². The molecule has 1 aromatic rings. The van der Waals surface area contributed by atoms with Crippen molar-refractivity contribution in [3.63, 3.8) is 0 Å². The van der Waals surface area contributed by atoms with Gasteiger partial charge < -0.3 is 4.74 Å². The summed E-state index contributed by atoms with van der Waals surface area (Å²) in [6, 6.07) is 7.79. The average molecular weight is 314 g/mol. The van der Waals surface area contributed by atoms with Gasteiger partial charge in [-0.1, -0.05) is 19.8 Å². The summed E-state index contributed by atoms with van der Waals surface area (Å²) in [5.41, 5.74) is 4.82. The molecule has 3 atom stereocenters. The molecule has 0 aromatic heterocycles. The minimum absolute atomic E-state index is 0.0877. The lowest BCUT2D eigenvalue weighted by Crippen LogP contribution is -2.23. The molecule has 4 heteroatoms. The highest BCUT2D eigenvalue weighted by atomic mass is 16.5. The highest BCUT2D eigenvalue weighted by Crippen LogP contribution is 2.66. The number of fused-ring (bicyclic) bond motifs is 1. The molecule has 1 amide bonds. The number of carbonyl (C=O) groups is 1. The van der Waals surface area contributed by atoms with E-state index < -0.39 is 0 Å². The fourth-order valence-corrected chi connectivity index (χ4v) is 4.08. The molecule has 1 N–H and O–H groups in total. The Hall–Kier alpha value is -1.84. The summed E-state index contributed by atoms with van der Waals surface area (Å²) in [5, 5.41) is 4.30. The summed E-state index contributed by atoms with van der Waals surface area (Å²) in [5.74, 6) is 1.66. The molecule has 4 nitrogen and oxygen atoms in total. The van der Waals surface area contributed by atoms with E-state index in [0.29, 0.717) is 12.5 Å². The molecule has 3 rings (SSSR count). The number of hydrazone groups is 1. The van der Waals surface area contributed by atoms with Crippen LogP contribution in [0.2, 0.25) is 0 Å². The van der Waals surface area contributed by atoms with Crippen LogP contribution in [-0.4, -0.2) is 18.2 Å². The van der Waals surface area contributed by atoms with Gasteiger partial charge in [0, 0.05) is 5.92 Å². The maximum absolute atomic E-state index is 12.4. The van der Waals surface area contributed by atoms with E-state index in [1.54, 1.807) is 0 Å². The summed E-state index contributed by atoms with van der Waals surface area (Å²) in [4.78, 5) is 12.4. The Morgan fingerprint density at radius 3 is 2.70 bits per heavy atom. The summed E-state index contributed by atoms with van der Waals surface area (Å²) >= 11 is 0. The maximum Gasteiger partial charge on any atom is 0.244 e. The normalized spacial score (nSPS) is 29.6. The molecular weight excluding hydrogens is 288 g/mol. The average Bonchev–Trinajstić information content (AvgIpc) is 3.19. The Bertz CT molecular complexity index is 608. The van der Waals surface area contributed by atoms with E-state index in [2.05, 4.69) is 17.5 Å². The Labute approximate surface area is 138 Å². The third-order valence-corrected chi connectivity index (χ3v) is 5.53. The summed E-state index contributed by atoms with van der Waals surface area (Å²) in [6.45, 7) is 6.79. The number of hydrogen-bond donors (Lipinski definition) is 1. The first-order valence-electron chi connectivity index (χ1n) is 8.63. The molecule has 0 radical (unpaired) electrons. The van der Waals surface area contributed by atoms with Crippen LogP contribution in [0.5, 0.6) is 5.75 Å². The van der Waals surface area contributed by atoms with Gasteiger partial charge in [-0.25, -0.2) is 5.43 Å². The fourth-order valence-electron chi connectivity index (χ4n) is 4.08. The molecule has 0 unspecified atom stereocenters. The highest BCUT2D eigenvalue weighted by Gasteiger charge is 2.64. The van der Waals surface area contributed by atoms with Crippen molar-refractivity contribution in [2.45, 2.75) is 46.5 Å². The molecule has 1 aromatic carbocycles. The van der Waals surface area contributed by atoms with Gasteiger partial charge in [-0.3, -0.25) is 4.79 Å². The minimum Gasteiger partial charge on any atom is -0.494 e. The monoisotopic (exact) mass is 314 g/mol. The van der Waals surface area contributed by atoms with Gasteiger partial charge in [0.15, 0.2) is 0 Å². The van der Waals surface area contributed by atoms with Crippen LogP contribution in [0.1, 0.15) is 52.0 Å². The Morgan fingerprint density at radius 1 is 1.35 bits per heavy atom. The molecule has 0 saturated heterocycles. The molecule has 2 aliphatic carbocycles. The van der Waals surface area contributed by atoms with Crippen LogP contribution in [0, 0.1) is 17.3 Å². The van der Waals surface area contributed by atoms with E-state index in [0.717, 1.165) is 17.0 Å². The Kier molecular flexibility index (Phi) is 4.42.